The Balaban J connectivity index is 2.41. The Morgan fingerprint density at radius 2 is 1.62 bits per heavy atom. The molecule has 0 heterocycles. The zero-order chi connectivity index (χ0) is 11.4. The Labute approximate surface area is 94.3 Å². The minimum absolute atomic E-state index is 0.767. The zero-order valence-electron chi connectivity index (χ0n) is 9.00. The maximum Gasteiger partial charge on any atom is 0.0687 e. The van der Waals surface area contributed by atoms with Gasteiger partial charge in [0.1, 0.15) is 0 Å². The number of anilines is 2. The van der Waals surface area contributed by atoms with Crippen LogP contribution >= 0.6 is 0 Å². The average Bonchev–Trinajstić information content (AvgIpc) is 2.31. The second-order valence-corrected chi connectivity index (χ2v) is 3.57. The van der Waals surface area contributed by atoms with Gasteiger partial charge in [-0.3, -0.25) is 0 Å². The molecule has 0 unspecified atom stereocenters. The van der Waals surface area contributed by atoms with Crippen LogP contribution in [0.5, 0.6) is 0 Å². The van der Waals surface area contributed by atoms with Gasteiger partial charge in [0.05, 0.1) is 16.7 Å². The highest BCUT2D eigenvalue weighted by atomic mass is 16.3. The molecule has 0 atom stereocenters. The average molecular weight is 212 g/mol. The summed E-state index contributed by atoms with van der Waals surface area (Å²) in [5.41, 5.74) is 2.64. The smallest absolute Gasteiger partial charge is 0.0687 e. The van der Waals surface area contributed by atoms with E-state index >= 15 is 0 Å². The molecule has 0 bridgehead atoms. The first-order valence-electron chi connectivity index (χ1n) is 5.06. The molecule has 0 radical (unpaired) electrons. The molecule has 16 heavy (non-hydrogen) atoms. The van der Waals surface area contributed by atoms with Crippen molar-refractivity contribution in [2.24, 2.45) is 5.29 Å². The fourth-order valence-corrected chi connectivity index (χ4v) is 1.57. The van der Waals surface area contributed by atoms with Crippen LogP contribution in [0, 0.1) is 11.8 Å². The van der Waals surface area contributed by atoms with E-state index in [1.54, 1.807) is 0 Å². The van der Waals surface area contributed by atoms with E-state index in [4.69, 9.17) is 0 Å². The fraction of sp³-hybridized carbons (Fsp3) is 0.0769. The zero-order valence-corrected chi connectivity index (χ0v) is 9.00. The third kappa shape index (κ3) is 2.08. The molecule has 0 spiro atoms. The van der Waals surface area contributed by atoms with Crippen molar-refractivity contribution in [1.82, 2.24) is 0 Å². The maximum atomic E-state index is 10.9. The van der Waals surface area contributed by atoms with Gasteiger partial charge in [0, 0.05) is 0 Å². The number of hydrogen-bond acceptors (Lipinski definition) is 2. The monoisotopic (exact) mass is 212 g/mol. The molecule has 0 amide bonds. The molecule has 2 rings (SSSR count). The maximum absolute atomic E-state index is 10.9. The molecule has 0 aliphatic heterocycles. The van der Waals surface area contributed by atoms with E-state index in [9.17, 15) is 4.91 Å². The summed E-state index contributed by atoms with van der Waals surface area (Å²) in [4.78, 5) is 10.9. The van der Waals surface area contributed by atoms with Crippen molar-refractivity contribution in [2.75, 3.05) is 5.01 Å². The van der Waals surface area contributed by atoms with Crippen molar-refractivity contribution < 1.29 is 0 Å². The third-order valence-corrected chi connectivity index (χ3v) is 2.33. The van der Waals surface area contributed by atoms with Crippen molar-refractivity contribution in [3.05, 3.63) is 65.1 Å². The molecule has 3 nitrogen and oxygen atoms in total. The van der Waals surface area contributed by atoms with Gasteiger partial charge in [-0.25, -0.2) is 0 Å². The largest absolute Gasteiger partial charge is 0.197 e. The summed E-state index contributed by atoms with van der Waals surface area (Å²) < 4.78 is 0. The van der Waals surface area contributed by atoms with E-state index in [0.717, 1.165) is 16.9 Å². The topological polar surface area (TPSA) is 32.7 Å². The first-order chi connectivity index (χ1) is 7.81. The quantitative estimate of drug-likeness (QED) is 0.572. The second kappa shape index (κ2) is 4.57. The summed E-state index contributed by atoms with van der Waals surface area (Å²) in [5, 5.41) is 4.43. The Morgan fingerprint density at radius 3 is 2.25 bits per heavy atom. The van der Waals surface area contributed by atoms with Crippen LogP contribution in [0.3, 0.4) is 0 Å². The number of para-hydroxylation sites is 1. The summed E-state index contributed by atoms with van der Waals surface area (Å²) in [7, 11) is 0. The van der Waals surface area contributed by atoms with E-state index in [1.165, 1.54) is 5.01 Å². The highest BCUT2D eigenvalue weighted by Gasteiger charge is 2.08. The van der Waals surface area contributed by atoms with Gasteiger partial charge in [-0.05, 0) is 36.8 Å². The molecule has 0 aliphatic rings. The Morgan fingerprint density at radius 1 is 0.938 bits per heavy atom. The highest BCUT2D eigenvalue weighted by Crippen LogP contribution is 2.25. The van der Waals surface area contributed by atoms with Crippen LogP contribution in [-0.2, 0) is 0 Å². The van der Waals surface area contributed by atoms with Gasteiger partial charge < -0.3 is 0 Å². The number of nitrogens with zero attached hydrogens (tertiary/aromatic N) is 2. The predicted molar refractivity (Wildman–Crippen MR) is 65.6 cm³/mol. The fourth-order valence-electron chi connectivity index (χ4n) is 1.57. The molecule has 0 saturated carbocycles. The lowest BCUT2D eigenvalue weighted by molar-refractivity contribution is 1.07. The van der Waals surface area contributed by atoms with Crippen LogP contribution < -0.4 is 5.01 Å². The number of nitroso groups, excluding NO2 is 1. The van der Waals surface area contributed by atoms with Crippen molar-refractivity contribution in [3.63, 3.8) is 0 Å². The van der Waals surface area contributed by atoms with Gasteiger partial charge in [0.15, 0.2) is 0 Å². The van der Waals surface area contributed by atoms with E-state index in [0.29, 0.717) is 0 Å². The Hall–Kier alpha value is -2.16. The number of hydrogen-bond donors (Lipinski definition) is 0. The van der Waals surface area contributed by atoms with Gasteiger partial charge in [-0.2, -0.15) is 5.01 Å². The lowest BCUT2D eigenvalue weighted by Gasteiger charge is -2.15. The molecule has 0 N–H and O–H groups in total. The van der Waals surface area contributed by atoms with Gasteiger partial charge in [0.25, 0.3) is 0 Å². The van der Waals surface area contributed by atoms with Crippen molar-refractivity contribution in [2.45, 2.75) is 6.92 Å². The van der Waals surface area contributed by atoms with Crippen LogP contribution in [0.1, 0.15) is 5.56 Å². The summed E-state index contributed by atoms with van der Waals surface area (Å²) >= 11 is 0. The molecule has 0 saturated heterocycles. The minimum atomic E-state index is 0.767. The molecule has 0 aromatic heterocycles. The molecule has 2 aromatic rings. The summed E-state index contributed by atoms with van der Waals surface area (Å²) in [6.07, 6.45) is 0. The standard InChI is InChI=1S/C13H12N2O/c1-11-6-5-9-13(10-11)15(14-16)12-7-3-2-4-8-12/h2-10H,1H3. The van der Waals surface area contributed by atoms with Crippen LogP contribution in [0.25, 0.3) is 0 Å². The third-order valence-electron chi connectivity index (χ3n) is 2.33. The number of benzene rings is 2. The second-order valence-electron chi connectivity index (χ2n) is 3.57. The van der Waals surface area contributed by atoms with Crippen molar-refractivity contribution in [3.8, 4) is 0 Å². The van der Waals surface area contributed by atoms with E-state index in [-0.39, 0.29) is 0 Å². The van der Waals surface area contributed by atoms with Crippen molar-refractivity contribution in [1.29, 1.82) is 0 Å². The minimum Gasteiger partial charge on any atom is -0.197 e. The van der Waals surface area contributed by atoms with E-state index < -0.39 is 0 Å². The number of rotatable bonds is 3. The van der Waals surface area contributed by atoms with Crippen LogP contribution in [0.4, 0.5) is 11.4 Å². The van der Waals surface area contributed by atoms with Gasteiger partial charge in [-0.1, -0.05) is 30.3 Å². The molecule has 0 aliphatic carbocycles. The highest BCUT2D eigenvalue weighted by molar-refractivity contribution is 5.62. The van der Waals surface area contributed by atoms with Gasteiger partial charge in [-0.15, -0.1) is 4.91 Å². The predicted octanol–water partition coefficient (Wildman–Crippen LogP) is 3.81. The molecule has 2 aromatic carbocycles. The Kier molecular flexibility index (Phi) is 2.96. The van der Waals surface area contributed by atoms with Crippen LogP contribution in [-0.4, -0.2) is 0 Å². The lowest BCUT2D eigenvalue weighted by Crippen LogP contribution is -2.07. The summed E-state index contributed by atoms with van der Waals surface area (Å²) in [6, 6.07) is 17.0. The molecule has 3 heteroatoms. The molecular formula is C13H12N2O. The lowest BCUT2D eigenvalue weighted by atomic mass is 10.2. The van der Waals surface area contributed by atoms with E-state index in [2.05, 4.69) is 5.29 Å². The molecular weight excluding hydrogens is 200 g/mol. The molecule has 80 valence electrons. The van der Waals surface area contributed by atoms with Crippen LogP contribution in [0.2, 0.25) is 0 Å². The van der Waals surface area contributed by atoms with E-state index in [1.807, 2.05) is 61.5 Å². The first-order valence-corrected chi connectivity index (χ1v) is 5.06. The van der Waals surface area contributed by atoms with Gasteiger partial charge >= 0.3 is 0 Å². The first kappa shape index (κ1) is 10.4. The van der Waals surface area contributed by atoms with Gasteiger partial charge in [0.2, 0.25) is 0 Å². The Bertz CT molecular complexity index is 482. The normalized spacial score (nSPS) is 9.81. The SMILES string of the molecule is Cc1cccc(N(N=O)c2ccccc2)c1. The summed E-state index contributed by atoms with van der Waals surface area (Å²) in [5.74, 6) is 0. The van der Waals surface area contributed by atoms with Crippen molar-refractivity contribution >= 4 is 11.4 Å². The van der Waals surface area contributed by atoms with Crippen LogP contribution in [0.15, 0.2) is 59.9 Å². The summed E-state index contributed by atoms with van der Waals surface area (Å²) in [6.45, 7) is 1.98. The number of aryl methyl sites for hydroxylation is 1. The molecule has 0 fully saturated rings.